The SMILES string of the molecule is Cc1ccc(NC2=CC=C3C(=Cc4ccccc43)C23C=CC=C2C3=Cc3ccccc32)c(-c2cccc3c2Cc2ccccc2-3)c1C. The molecule has 47 heavy (non-hydrogen) atoms. The second-order valence-corrected chi connectivity index (χ2v) is 13.4. The van der Waals surface area contributed by atoms with Gasteiger partial charge in [-0.15, -0.1) is 0 Å². The maximum Gasteiger partial charge on any atom is 0.0798 e. The smallest absolute Gasteiger partial charge is 0.0798 e. The Hall–Kier alpha value is -5.66. The van der Waals surface area contributed by atoms with Crippen LogP contribution in [0.15, 0.2) is 150 Å². The zero-order valence-corrected chi connectivity index (χ0v) is 26.6. The predicted molar refractivity (Wildman–Crippen MR) is 198 cm³/mol. The summed E-state index contributed by atoms with van der Waals surface area (Å²) >= 11 is 0. The summed E-state index contributed by atoms with van der Waals surface area (Å²) in [6.07, 6.45) is 17.5. The van der Waals surface area contributed by atoms with E-state index in [1.54, 1.807) is 0 Å². The zero-order valence-electron chi connectivity index (χ0n) is 26.6. The van der Waals surface area contributed by atoms with Crippen LogP contribution in [0.5, 0.6) is 0 Å². The highest BCUT2D eigenvalue weighted by molar-refractivity contribution is 6.06. The molecule has 1 nitrogen and oxygen atoms in total. The Balaban J connectivity index is 1.17. The van der Waals surface area contributed by atoms with Crippen LogP contribution in [0.2, 0.25) is 0 Å². The highest BCUT2D eigenvalue weighted by Crippen LogP contribution is 2.61. The van der Waals surface area contributed by atoms with E-state index in [4.69, 9.17) is 0 Å². The Morgan fingerprint density at radius 1 is 0.574 bits per heavy atom. The van der Waals surface area contributed by atoms with Crippen LogP contribution < -0.4 is 5.32 Å². The quantitative estimate of drug-likeness (QED) is 0.213. The van der Waals surface area contributed by atoms with Gasteiger partial charge >= 0.3 is 0 Å². The Kier molecular flexibility index (Phi) is 5.46. The molecule has 1 N–H and O–H groups in total. The van der Waals surface area contributed by atoms with E-state index in [2.05, 4.69) is 165 Å². The predicted octanol–water partition coefficient (Wildman–Crippen LogP) is 11.4. The molecule has 1 atom stereocenters. The Morgan fingerprint density at radius 2 is 1.21 bits per heavy atom. The second-order valence-electron chi connectivity index (χ2n) is 13.4. The third-order valence-electron chi connectivity index (χ3n) is 11.1. The third-order valence-corrected chi connectivity index (χ3v) is 11.1. The number of hydrogen-bond donors (Lipinski definition) is 1. The summed E-state index contributed by atoms with van der Waals surface area (Å²) in [5.41, 5.74) is 23.2. The highest BCUT2D eigenvalue weighted by Gasteiger charge is 2.48. The van der Waals surface area contributed by atoms with Gasteiger partial charge in [0, 0.05) is 16.9 Å². The van der Waals surface area contributed by atoms with Gasteiger partial charge in [-0.3, -0.25) is 0 Å². The van der Waals surface area contributed by atoms with Crippen molar-refractivity contribution >= 4 is 29.0 Å². The molecule has 1 spiro atoms. The average Bonchev–Trinajstić information content (AvgIpc) is 3.80. The first-order chi connectivity index (χ1) is 23.1. The largest absolute Gasteiger partial charge is 0.357 e. The molecule has 0 radical (unpaired) electrons. The summed E-state index contributed by atoms with van der Waals surface area (Å²) in [7, 11) is 0. The van der Waals surface area contributed by atoms with Gasteiger partial charge in [-0.1, -0.05) is 121 Å². The summed E-state index contributed by atoms with van der Waals surface area (Å²) in [6, 6.07) is 38.0. The number of fused-ring (bicyclic) bond motifs is 11. The van der Waals surface area contributed by atoms with Crippen LogP contribution in [0.4, 0.5) is 5.69 Å². The monoisotopic (exact) mass is 599 g/mol. The lowest BCUT2D eigenvalue weighted by Gasteiger charge is -2.42. The van der Waals surface area contributed by atoms with E-state index in [1.807, 2.05) is 0 Å². The van der Waals surface area contributed by atoms with Crippen LogP contribution in [0.3, 0.4) is 0 Å². The summed E-state index contributed by atoms with van der Waals surface area (Å²) in [6.45, 7) is 4.52. The van der Waals surface area contributed by atoms with E-state index in [0.717, 1.165) is 12.1 Å². The number of nitrogens with one attached hydrogen (secondary N) is 1. The molecule has 10 rings (SSSR count). The first kappa shape index (κ1) is 26.5. The van der Waals surface area contributed by atoms with E-state index in [9.17, 15) is 0 Å². The summed E-state index contributed by atoms with van der Waals surface area (Å²) < 4.78 is 0. The van der Waals surface area contributed by atoms with Crippen molar-refractivity contribution in [1.82, 2.24) is 0 Å². The molecule has 0 aliphatic heterocycles. The van der Waals surface area contributed by atoms with Crippen LogP contribution in [-0.4, -0.2) is 0 Å². The summed E-state index contributed by atoms with van der Waals surface area (Å²) in [5.74, 6) is 0. The zero-order chi connectivity index (χ0) is 31.3. The molecular formula is C46H33N. The van der Waals surface area contributed by atoms with Gasteiger partial charge in [0.15, 0.2) is 0 Å². The molecule has 5 aromatic carbocycles. The molecule has 0 fully saturated rings. The number of hydrogen-bond acceptors (Lipinski definition) is 1. The fourth-order valence-corrected chi connectivity index (χ4v) is 8.74. The van der Waals surface area contributed by atoms with Crippen molar-refractivity contribution in [2.75, 3.05) is 5.32 Å². The highest BCUT2D eigenvalue weighted by atomic mass is 14.9. The molecule has 5 aliphatic carbocycles. The van der Waals surface area contributed by atoms with Gasteiger partial charge in [-0.05, 0) is 128 Å². The van der Waals surface area contributed by atoms with E-state index in [0.29, 0.717) is 0 Å². The van der Waals surface area contributed by atoms with Crippen molar-refractivity contribution in [2.24, 2.45) is 5.41 Å². The topological polar surface area (TPSA) is 12.0 Å². The van der Waals surface area contributed by atoms with Crippen molar-refractivity contribution in [2.45, 2.75) is 20.3 Å². The molecule has 0 heterocycles. The van der Waals surface area contributed by atoms with Crippen LogP contribution in [0.1, 0.15) is 44.5 Å². The summed E-state index contributed by atoms with van der Waals surface area (Å²) in [4.78, 5) is 0. The standard InChI is InChI=1S/C46H33N/c1-28-20-22-43(45(29(28)2)39-18-9-17-36-33-14-6-3-11-30(33)25-40(36)39)47-44-23-21-38-35-16-8-5-13-32(35)27-42(38)46(44)24-10-19-37-34-15-7-4-12-31(34)26-41(37)46/h3-24,26-27,47H,25H2,1-2H3. The molecule has 1 heteroatoms. The Bertz CT molecular complexity index is 2400. The lowest BCUT2D eigenvalue weighted by Crippen LogP contribution is -2.33. The Labute approximate surface area is 276 Å². The fourth-order valence-electron chi connectivity index (χ4n) is 8.74. The van der Waals surface area contributed by atoms with Crippen LogP contribution >= 0.6 is 0 Å². The number of aryl methyl sites for hydroxylation is 1. The minimum Gasteiger partial charge on any atom is -0.357 e. The van der Waals surface area contributed by atoms with Gasteiger partial charge in [0.1, 0.15) is 0 Å². The molecule has 0 saturated heterocycles. The molecule has 5 aromatic rings. The normalized spacial score (nSPS) is 19.0. The molecule has 222 valence electrons. The van der Waals surface area contributed by atoms with E-state index in [1.165, 1.54) is 94.8 Å². The van der Waals surface area contributed by atoms with Gasteiger partial charge < -0.3 is 5.32 Å². The van der Waals surface area contributed by atoms with E-state index >= 15 is 0 Å². The van der Waals surface area contributed by atoms with Crippen molar-refractivity contribution in [3.05, 3.63) is 195 Å². The molecule has 0 saturated carbocycles. The van der Waals surface area contributed by atoms with Crippen LogP contribution in [0, 0.1) is 19.3 Å². The van der Waals surface area contributed by atoms with Crippen molar-refractivity contribution in [3.63, 3.8) is 0 Å². The Morgan fingerprint density at radius 3 is 1.98 bits per heavy atom. The summed E-state index contributed by atoms with van der Waals surface area (Å²) in [5, 5.41) is 4.12. The molecule has 0 amide bonds. The van der Waals surface area contributed by atoms with Crippen LogP contribution in [0.25, 0.3) is 45.6 Å². The van der Waals surface area contributed by atoms with Gasteiger partial charge in [0.25, 0.3) is 0 Å². The minimum atomic E-state index is -0.461. The van der Waals surface area contributed by atoms with E-state index < -0.39 is 5.41 Å². The van der Waals surface area contributed by atoms with Crippen molar-refractivity contribution in [3.8, 4) is 22.3 Å². The van der Waals surface area contributed by atoms with Gasteiger partial charge in [0.05, 0.1) is 5.41 Å². The van der Waals surface area contributed by atoms with Crippen LogP contribution in [-0.2, 0) is 6.42 Å². The van der Waals surface area contributed by atoms with Gasteiger partial charge in [-0.2, -0.15) is 0 Å². The molecular weight excluding hydrogens is 567 g/mol. The van der Waals surface area contributed by atoms with Gasteiger partial charge in [-0.25, -0.2) is 0 Å². The maximum absolute atomic E-state index is 4.12. The second kappa shape index (κ2) is 9.67. The average molecular weight is 600 g/mol. The number of anilines is 1. The number of rotatable bonds is 3. The number of benzene rings is 5. The minimum absolute atomic E-state index is 0.461. The first-order valence-corrected chi connectivity index (χ1v) is 16.7. The third kappa shape index (κ3) is 3.60. The maximum atomic E-state index is 4.12. The van der Waals surface area contributed by atoms with Crippen molar-refractivity contribution in [1.29, 1.82) is 0 Å². The molecule has 0 bridgehead atoms. The number of allylic oxidation sites excluding steroid dienone is 7. The van der Waals surface area contributed by atoms with E-state index in [-0.39, 0.29) is 0 Å². The molecule has 5 aliphatic rings. The first-order valence-electron chi connectivity index (χ1n) is 16.7. The lowest BCUT2D eigenvalue weighted by atomic mass is 9.63. The fraction of sp³-hybridized carbons (Fsp3) is 0.0870. The lowest BCUT2D eigenvalue weighted by molar-refractivity contribution is 0.701. The molecule has 1 unspecified atom stereocenters. The molecule has 0 aromatic heterocycles. The van der Waals surface area contributed by atoms with Crippen molar-refractivity contribution < 1.29 is 0 Å². The van der Waals surface area contributed by atoms with Gasteiger partial charge in [0.2, 0.25) is 0 Å².